The van der Waals surface area contributed by atoms with Crippen LogP contribution in [0.5, 0.6) is 0 Å². The van der Waals surface area contributed by atoms with Crippen LogP contribution < -0.4 is 5.32 Å². The molecule has 1 heterocycles. The fourth-order valence-corrected chi connectivity index (χ4v) is 1.13. The van der Waals surface area contributed by atoms with Gasteiger partial charge in [0.25, 0.3) is 0 Å². The summed E-state index contributed by atoms with van der Waals surface area (Å²) in [6, 6.07) is -0.364. The molecule has 0 radical (unpaired) electrons. The van der Waals surface area contributed by atoms with Gasteiger partial charge < -0.3 is 20.3 Å². The number of carbonyl (C=O) groups excluding carboxylic acids is 1. The standard InChI is InChI=1S/C9H13N3O3/c1-5-7(8(13)14)6(4-10-5)11-9(15)12(2)3/h4,10H,1-3H3,(H,11,15)(H,13,14). The highest BCUT2D eigenvalue weighted by atomic mass is 16.4. The molecule has 1 aromatic rings. The van der Waals surface area contributed by atoms with Gasteiger partial charge in [0.15, 0.2) is 0 Å². The van der Waals surface area contributed by atoms with Gasteiger partial charge in [0.2, 0.25) is 0 Å². The zero-order chi connectivity index (χ0) is 11.6. The van der Waals surface area contributed by atoms with Gasteiger partial charge in [-0.1, -0.05) is 0 Å². The Balaban J connectivity index is 2.96. The smallest absolute Gasteiger partial charge is 0.339 e. The lowest BCUT2D eigenvalue weighted by molar-refractivity contribution is 0.0697. The van der Waals surface area contributed by atoms with Crippen LogP contribution in [0.1, 0.15) is 16.1 Å². The monoisotopic (exact) mass is 211 g/mol. The molecule has 0 unspecified atom stereocenters. The van der Waals surface area contributed by atoms with E-state index in [1.165, 1.54) is 11.1 Å². The highest BCUT2D eigenvalue weighted by Gasteiger charge is 2.17. The molecule has 0 aliphatic rings. The van der Waals surface area contributed by atoms with Gasteiger partial charge in [-0.2, -0.15) is 0 Å². The summed E-state index contributed by atoms with van der Waals surface area (Å²) in [6.07, 6.45) is 1.46. The molecule has 15 heavy (non-hydrogen) atoms. The summed E-state index contributed by atoms with van der Waals surface area (Å²) in [5.74, 6) is -1.07. The fourth-order valence-electron chi connectivity index (χ4n) is 1.13. The molecule has 0 atom stereocenters. The minimum absolute atomic E-state index is 0.0881. The summed E-state index contributed by atoms with van der Waals surface area (Å²) in [7, 11) is 3.16. The number of aryl methyl sites for hydroxylation is 1. The number of rotatable bonds is 2. The number of carboxylic acids is 1. The van der Waals surface area contributed by atoms with Crippen LogP contribution in [0.25, 0.3) is 0 Å². The van der Waals surface area contributed by atoms with Crippen molar-refractivity contribution in [3.8, 4) is 0 Å². The minimum Gasteiger partial charge on any atom is -0.478 e. The van der Waals surface area contributed by atoms with E-state index in [9.17, 15) is 9.59 Å². The number of aromatic nitrogens is 1. The molecule has 0 saturated heterocycles. The van der Waals surface area contributed by atoms with E-state index in [1.807, 2.05) is 0 Å². The lowest BCUT2D eigenvalue weighted by Crippen LogP contribution is -2.27. The highest BCUT2D eigenvalue weighted by Crippen LogP contribution is 2.19. The molecule has 0 saturated carbocycles. The van der Waals surface area contributed by atoms with Crippen molar-refractivity contribution in [2.75, 3.05) is 19.4 Å². The summed E-state index contributed by atoms with van der Waals surface area (Å²) in [6.45, 7) is 1.63. The van der Waals surface area contributed by atoms with E-state index in [0.29, 0.717) is 5.69 Å². The number of nitrogens with zero attached hydrogens (tertiary/aromatic N) is 1. The number of H-pyrrole nitrogens is 1. The van der Waals surface area contributed by atoms with Crippen LogP contribution in [0.2, 0.25) is 0 Å². The molecule has 1 aromatic heterocycles. The maximum absolute atomic E-state index is 11.3. The molecular formula is C9H13N3O3. The molecule has 0 aromatic carbocycles. The van der Waals surface area contributed by atoms with Gasteiger partial charge in [-0.3, -0.25) is 0 Å². The van der Waals surface area contributed by atoms with Gasteiger partial charge in [-0.15, -0.1) is 0 Å². The third-order valence-electron chi connectivity index (χ3n) is 1.94. The van der Waals surface area contributed by atoms with E-state index in [2.05, 4.69) is 10.3 Å². The van der Waals surface area contributed by atoms with Crippen LogP contribution in [0, 0.1) is 6.92 Å². The summed E-state index contributed by atoms with van der Waals surface area (Å²) < 4.78 is 0. The van der Waals surface area contributed by atoms with Crippen LogP contribution in [0.3, 0.4) is 0 Å². The fraction of sp³-hybridized carbons (Fsp3) is 0.333. The Morgan fingerprint density at radius 2 is 2.07 bits per heavy atom. The summed E-state index contributed by atoms with van der Waals surface area (Å²) >= 11 is 0. The van der Waals surface area contributed by atoms with Crippen molar-refractivity contribution < 1.29 is 14.7 Å². The largest absolute Gasteiger partial charge is 0.478 e. The molecule has 3 N–H and O–H groups in total. The van der Waals surface area contributed by atoms with Crippen molar-refractivity contribution >= 4 is 17.7 Å². The van der Waals surface area contributed by atoms with Crippen LogP contribution in [-0.2, 0) is 0 Å². The van der Waals surface area contributed by atoms with E-state index in [-0.39, 0.29) is 17.3 Å². The molecule has 6 heteroatoms. The summed E-state index contributed by atoms with van der Waals surface area (Å²) in [4.78, 5) is 26.3. The van der Waals surface area contributed by atoms with Gasteiger partial charge in [0.1, 0.15) is 5.56 Å². The molecular weight excluding hydrogens is 198 g/mol. The first-order chi connectivity index (χ1) is 6.93. The zero-order valence-electron chi connectivity index (χ0n) is 8.79. The van der Waals surface area contributed by atoms with Crippen LogP contribution in [0.4, 0.5) is 10.5 Å². The quantitative estimate of drug-likeness (QED) is 0.685. The van der Waals surface area contributed by atoms with Gasteiger partial charge in [0, 0.05) is 26.0 Å². The predicted molar refractivity (Wildman–Crippen MR) is 55.2 cm³/mol. The maximum atomic E-state index is 11.3. The first-order valence-corrected chi connectivity index (χ1v) is 4.33. The van der Waals surface area contributed by atoms with Crippen molar-refractivity contribution in [3.63, 3.8) is 0 Å². The zero-order valence-corrected chi connectivity index (χ0v) is 8.79. The lowest BCUT2D eigenvalue weighted by Gasteiger charge is -2.11. The number of carboxylic acid groups (broad SMARTS) is 1. The van der Waals surface area contributed by atoms with E-state index >= 15 is 0 Å². The van der Waals surface area contributed by atoms with E-state index < -0.39 is 5.97 Å². The Bertz CT molecular complexity index is 395. The van der Waals surface area contributed by atoms with E-state index in [0.717, 1.165) is 0 Å². The molecule has 6 nitrogen and oxygen atoms in total. The number of anilines is 1. The number of nitrogens with one attached hydrogen (secondary N) is 2. The van der Waals surface area contributed by atoms with Crippen LogP contribution in [-0.4, -0.2) is 41.1 Å². The second-order valence-electron chi connectivity index (χ2n) is 3.33. The number of carbonyl (C=O) groups is 2. The molecule has 0 spiro atoms. The Morgan fingerprint density at radius 1 is 1.47 bits per heavy atom. The lowest BCUT2D eigenvalue weighted by atomic mass is 10.2. The number of urea groups is 1. The SMILES string of the molecule is Cc1[nH]cc(NC(=O)N(C)C)c1C(=O)O. The molecule has 82 valence electrons. The average Bonchev–Trinajstić information content (AvgIpc) is 2.46. The van der Waals surface area contributed by atoms with Crippen molar-refractivity contribution in [2.45, 2.75) is 6.92 Å². The Hall–Kier alpha value is -1.98. The number of amides is 2. The van der Waals surface area contributed by atoms with Gasteiger partial charge in [-0.05, 0) is 6.92 Å². The average molecular weight is 211 g/mol. The Kier molecular flexibility index (Phi) is 2.99. The molecule has 0 aliphatic carbocycles. The van der Waals surface area contributed by atoms with E-state index in [1.54, 1.807) is 21.0 Å². The van der Waals surface area contributed by atoms with Crippen molar-refractivity contribution in [1.82, 2.24) is 9.88 Å². The van der Waals surface area contributed by atoms with Gasteiger partial charge in [0.05, 0.1) is 5.69 Å². The first kappa shape index (κ1) is 11.1. The van der Waals surface area contributed by atoms with E-state index in [4.69, 9.17) is 5.11 Å². The number of hydrogen-bond acceptors (Lipinski definition) is 2. The second-order valence-corrected chi connectivity index (χ2v) is 3.33. The summed E-state index contributed by atoms with van der Waals surface area (Å²) in [5, 5.41) is 11.4. The Morgan fingerprint density at radius 3 is 2.53 bits per heavy atom. The third-order valence-corrected chi connectivity index (χ3v) is 1.94. The van der Waals surface area contributed by atoms with Crippen LogP contribution in [0.15, 0.2) is 6.20 Å². The maximum Gasteiger partial charge on any atom is 0.339 e. The van der Waals surface area contributed by atoms with Crippen LogP contribution >= 0.6 is 0 Å². The molecule has 2 amide bonds. The second kappa shape index (κ2) is 4.04. The highest BCUT2D eigenvalue weighted by molar-refractivity contribution is 6.00. The Labute approximate surface area is 86.9 Å². The first-order valence-electron chi connectivity index (χ1n) is 4.33. The number of aromatic amines is 1. The molecule has 1 rings (SSSR count). The van der Waals surface area contributed by atoms with Gasteiger partial charge in [-0.25, -0.2) is 9.59 Å². The molecule has 0 aliphatic heterocycles. The molecule has 0 fully saturated rings. The van der Waals surface area contributed by atoms with Crippen molar-refractivity contribution in [1.29, 1.82) is 0 Å². The van der Waals surface area contributed by atoms with Crippen molar-refractivity contribution in [2.24, 2.45) is 0 Å². The van der Waals surface area contributed by atoms with Crippen molar-refractivity contribution in [3.05, 3.63) is 17.5 Å². The number of hydrogen-bond donors (Lipinski definition) is 3. The normalized spacial score (nSPS) is 9.80. The minimum atomic E-state index is -1.07. The van der Waals surface area contributed by atoms with Gasteiger partial charge >= 0.3 is 12.0 Å². The number of aromatic carboxylic acids is 1. The topological polar surface area (TPSA) is 85.4 Å². The third kappa shape index (κ3) is 2.28. The summed E-state index contributed by atoms with van der Waals surface area (Å²) in [5.41, 5.74) is 0.875. The predicted octanol–water partition coefficient (Wildman–Crippen LogP) is 1.11. The molecule has 0 bridgehead atoms.